The first-order chi connectivity index (χ1) is 15.5. The van der Waals surface area contributed by atoms with E-state index >= 15 is 0 Å². The molecule has 0 unspecified atom stereocenters. The second-order valence-electron chi connectivity index (χ2n) is 9.93. The van der Waals surface area contributed by atoms with Crippen LogP contribution in [-0.2, 0) is 12.8 Å². The first-order valence-electron chi connectivity index (χ1n) is 11.8. The van der Waals surface area contributed by atoms with Crippen LogP contribution in [0.4, 0.5) is 10.1 Å². The maximum absolute atomic E-state index is 14.3. The standard InChI is InChI=1S/C25H28ClFN4O/c26-17-2-4-22(20(27)14-17)31-11-9-30(10-12-31)18-3-1-16(13-18)23-28-21-5-6-25(7-8-25)15-19(21)24(32)29-23/h2,4,13-14,18H,1,3,5-12,15H2,(H,28,29,32)/t18-/m1/s1. The van der Waals surface area contributed by atoms with Crippen molar-refractivity contribution in [3.05, 3.63) is 62.6 Å². The van der Waals surface area contributed by atoms with Crippen molar-refractivity contribution in [2.45, 2.75) is 51.0 Å². The molecular formula is C25H28ClFN4O. The van der Waals surface area contributed by atoms with Crippen LogP contribution in [0.2, 0.25) is 5.02 Å². The van der Waals surface area contributed by atoms with E-state index in [0.29, 0.717) is 22.2 Å². The number of nitrogens with one attached hydrogen (secondary N) is 1. The van der Waals surface area contributed by atoms with E-state index in [1.54, 1.807) is 12.1 Å². The molecule has 0 amide bonds. The van der Waals surface area contributed by atoms with Gasteiger partial charge in [-0.05, 0) is 74.1 Å². The molecule has 1 spiro atoms. The van der Waals surface area contributed by atoms with Crippen molar-refractivity contribution in [2.75, 3.05) is 31.1 Å². The zero-order valence-electron chi connectivity index (χ0n) is 18.2. The van der Waals surface area contributed by atoms with Gasteiger partial charge in [0, 0.05) is 42.8 Å². The van der Waals surface area contributed by atoms with E-state index in [2.05, 4.69) is 20.9 Å². The summed E-state index contributed by atoms with van der Waals surface area (Å²) in [7, 11) is 0. The van der Waals surface area contributed by atoms with E-state index in [-0.39, 0.29) is 11.4 Å². The number of benzene rings is 1. The van der Waals surface area contributed by atoms with Crippen LogP contribution in [0.25, 0.3) is 5.57 Å². The largest absolute Gasteiger partial charge is 0.367 e. The third kappa shape index (κ3) is 3.67. The number of piperazine rings is 1. The highest BCUT2D eigenvalue weighted by Gasteiger charge is 2.45. The summed E-state index contributed by atoms with van der Waals surface area (Å²) >= 11 is 5.89. The number of hydrogen-bond donors (Lipinski definition) is 1. The third-order valence-corrected chi connectivity index (χ3v) is 8.18. The summed E-state index contributed by atoms with van der Waals surface area (Å²) in [6.07, 6.45) is 9.80. The molecule has 1 atom stereocenters. The Labute approximate surface area is 192 Å². The minimum Gasteiger partial charge on any atom is -0.367 e. The normalized spacial score (nSPS) is 24.5. The summed E-state index contributed by atoms with van der Waals surface area (Å²) in [6.45, 7) is 3.33. The minimum atomic E-state index is -0.260. The lowest BCUT2D eigenvalue weighted by molar-refractivity contribution is 0.214. The molecule has 1 N–H and O–H groups in total. The number of aryl methyl sites for hydroxylation is 1. The van der Waals surface area contributed by atoms with Gasteiger partial charge in [-0.2, -0.15) is 0 Å². The molecule has 32 heavy (non-hydrogen) atoms. The zero-order valence-corrected chi connectivity index (χ0v) is 18.9. The fourth-order valence-corrected chi connectivity index (χ4v) is 5.91. The second-order valence-corrected chi connectivity index (χ2v) is 10.4. The van der Waals surface area contributed by atoms with Crippen molar-refractivity contribution in [1.29, 1.82) is 0 Å². The SMILES string of the molecule is O=c1[nH]c(C2=C[C@H](N3CCN(c4ccc(Cl)cc4F)CC3)CC2)nc2c1CC1(CC2)CC1. The van der Waals surface area contributed by atoms with Gasteiger partial charge in [-0.3, -0.25) is 9.69 Å². The highest BCUT2D eigenvalue weighted by molar-refractivity contribution is 6.30. The fraction of sp³-hybridized carbons (Fsp3) is 0.520. The van der Waals surface area contributed by atoms with Crippen molar-refractivity contribution in [1.82, 2.24) is 14.9 Å². The van der Waals surface area contributed by atoms with E-state index in [1.165, 1.54) is 25.3 Å². The summed E-state index contributed by atoms with van der Waals surface area (Å²) in [5.41, 5.74) is 4.22. The number of nitrogens with zero attached hydrogens (tertiary/aromatic N) is 3. The lowest BCUT2D eigenvalue weighted by Gasteiger charge is -2.38. The van der Waals surface area contributed by atoms with E-state index < -0.39 is 0 Å². The Morgan fingerprint density at radius 3 is 2.69 bits per heavy atom. The first-order valence-corrected chi connectivity index (χ1v) is 12.1. The van der Waals surface area contributed by atoms with Crippen LogP contribution < -0.4 is 10.5 Å². The van der Waals surface area contributed by atoms with Crippen molar-refractivity contribution in [3.63, 3.8) is 0 Å². The molecule has 2 fully saturated rings. The predicted molar refractivity (Wildman–Crippen MR) is 125 cm³/mol. The van der Waals surface area contributed by atoms with Crippen molar-refractivity contribution < 1.29 is 4.39 Å². The van der Waals surface area contributed by atoms with Crippen LogP contribution in [0, 0.1) is 11.2 Å². The Kier molecular flexibility index (Phi) is 4.92. The molecule has 0 radical (unpaired) electrons. The maximum Gasteiger partial charge on any atom is 0.254 e. The number of fused-ring (bicyclic) bond motifs is 1. The third-order valence-electron chi connectivity index (χ3n) is 7.94. The van der Waals surface area contributed by atoms with Crippen LogP contribution in [0.1, 0.15) is 49.2 Å². The summed E-state index contributed by atoms with van der Waals surface area (Å²) in [6, 6.07) is 5.24. The molecule has 1 saturated heterocycles. The summed E-state index contributed by atoms with van der Waals surface area (Å²) in [4.78, 5) is 25.3. The number of H-pyrrole nitrogens is 1. The van der Waals surface area contributed by atoms with Crippen LogP contribution in [-0.4, -0.2) is 47.1 Å². The fourth-order valence-electron chi connectivity index (χ4n) is 5.76. The molecule has 1 aliphatic heterocycles. The van der Waals surface area contributed by atoms with Crippen LogP contribution in [0.15, 0.2) is 29.1 Å². The molecule has 2 aromatic rings. The molecule has 0 bridgehead atoms. The molecule has 1 saturated carbocycles. The number of aromatic amines is 1. The predicted octanol–water partition coefficient (Wildman–Crippen LogP) is 4.20. The number of halogens is 2. The summed E-state index contributed by atoms with van der Waals surface area (Å²) in [5.74, 6) is 0.508. The Morgan fingerprint density at radius 2 is 1.94 bits per heavy atom. The van der Waals surface area contributed by atoms with E-state index in [9.17, 15) is 9.18 Å². The van der Waals surface area contributed by atoms with E-state index in [1.807, 2.05) is 0 Å². The van der Waals surface area contributed by atoms with Crippen molar-refractivity contribution in [2.24, 2.45) is 5.41 Å². The molecule has 1 aromatic heterocycles. The molecule has 3 aliphatic carbocycles. The minimum absolute atomic E-state index is 0.0685. The van der Waals surface area contributed by atoms with Crippen molar-refractivity contribution >= 4 is 22.9 Å². The average Bonchev–Trinajstić information content (AvgIpc) is 3.35. The second kappa shape index (κ2) is 7.70. The Bertz CT molecular complexity index is 1150. The number of rotatable bonds is 3. The van der Waals surface area contributed by atoms with Gasteiger partial charge in [0.25, 0.3) is 5.56 Å². The van der Waals surface area contributed by atoms with Gasteiger partial charge in [-0.15, -0.1) is 0 Å². The van der Waals surface area contributed by atoms with Gasteiger partial charge in [0.1, 0.15) is 11.6 Å². The molecule has 2 heterocycles. The monoisotopic (exact) mass is 454 g/mol. The zero-order chi connectivity index (χ0) is 21.9. The molecule has 5 nitrogen and oxygen atoms in total. The molecule has 7 heteroatoms. The first kappa shape index (κ1) is 20.4. The maximum atomic E-state index is 14.3. The average molecular weight is 455 g/mol. The highest BCUT2D eigenvalue weighted by Crippen LogP contribution is 2.53. The van der Waals surface area contributed by atoms with Gasteiger partial charge in [-0.1, -0.05) is 17.7 Å². The van der Waals surface area contributed by atoms with Crippen LogP contribution in [0.5, 0.6) is 0 Å². The number of anilines is 1. The van der Waals surface area contributed by atoms with E-state index in [0.717, 1.165) is 74.5 Å². The number of aromatic nitrogens is 2. The molecule has 6 rings (SSSR count). The van der Waals surface area contributed by atoms with Gasteiger partial charge in [0.05, 0.1) is 11.4 Å². The topological polar surface area (TPSA) is 52.2 Å². The Hall–Kier alpha value is -2.18. The summed E-state index contributed by atoms with van der Waals surface area (Å²) < 4.78 is 14.3. The Morgan fingerprint density at radius 1 is 1.12 bits per heavy atom. The highest BCUT2D eigenvalue weighted by atomic mass is 35.5. The van der Waals surface area contributed by atoms with Crippen LogP contribution >= 0.6 is 11.6 Å². The van der Waals surface area contributed by atoms with Gasteiger partial charge >= 0.3 is 0 Å². The van der Waals surface area contributed by atoms with Crippen LogP contribution in [0.3, 0.4) is 0 Å². The van der Waals surface area contributed by atoms with Crippen molar-refractivity contribution in [3.8, 4) is 0 Å². The van der Waals surface area contributed by atoms with E-state index in [4.69, 9.17) is 16.6 Å². The lowest BCUT2D eigenvalue weighted by Crippen LogP contribution is -2.49. The smallest absolute Gasteiger partial charge is 0.254 e. The lowest BCUT2D eigenvalue weighted by atomic mass is 9.84. The molecule has 4 aliphatic rings. The molecule has 1 aromatic carbocycles. The number of hydrogen-bond acceptors (Lipinski definition) is 4. The van der Waals surface area contributed by atoms with Gasteiger partial charge in [0.2, 0.25) is 0 Å². The van der Waals surface area contributed by atoms with Gasteiger partial charge < -0.3 is 9.88 Å². The molecule has 168 valence electrons. The van der Waals surface area contributed by atoms with Gasteiger partial charge in [0.15, 0.2) is 0 Å². The number of allylic oxidation sites excluding steroid dienone is 1. The van der Waals surface area contributed by atoms with Gasteiger partial charge in [-0.25, -0.2) is 9.37 Å². The summed E-state index contributed by atoms with van der Waals surface area (Å²) in [5, 5.41) is 0.425. The molecular weight excluding hydrogens is 427 g/mol. The Balaban J connectivity index is 1.14. The quantitative estimate of drug-likeness (QED) is 0.755.